The van der Waals surface area contributed by atoms with Gasteiger partial charge in [-0.2, -0.15) is 0 Å². The summed E-state index contributed by atoms with van der Waals surface area (Å²) in [6, 6.07) is 13.0. The summed E-state index contributed by atoms with van der Waals surface area (Å²) in [6.07, 6.45) is 4.92. The summed E-state index contributed by atoms with van der Waals surface area (Å²) < 4.78 is 16.7. The maximum Gasteiger partial charge on any atom is 0.266 e. The van der Waals surface area contributed by atoms with Crippen molar-refractivity contribution in [2.75, 3.05) is 26.5 Å². The van der Waals surface area contributed by atoms with Gasteiger partial charge in [0, 0.05) is 24.7 Å². The number of nitrogens with one attached hydrogen (secondary N) is 1. The van der Waals surface area contributed by atoms with Gasteiger partial charge in [-0.1, -0.05) is 48.2 Å². The minimum atomic E-state index is -0.261. The third-order valence-corrected chi connectivity index (χ3v) is 6.21. The number of hydrogen-bond acceptors (Lipinski definition) is 7. The molecule has 0 bridgehead atoms. The maximum absolute atomic E-state index is 12.8. The number of amides is 2. The Morgan fingerprint density at radius 3 is 2.91 bits per heavy atom. The van der Waals surface area contributed by atoms with Gasteiger partial charge in [-0.05, 0) is 42.8 Å². The van der Waals surface area contributed by atoms with E-state index in [-0.39, 0.29) is 31.7 Å². The fourth-order valence-corrected chi connectivity index (χ4v) is 4.58. The molecule has 2 aliphatic heterocycles. The quantitative estimate of drug-likeness (QED) is 0.452. The molecule has 2 aromatic rings. The monoisotopic (exact) mass is 482 g/mol. The van der Waals surface area contributed by atoms with Gasteiger partial charge in [0.25, 0.3) is 5.91 Å². The van der Waals surface area contributed by atoms with E-state index in [0.717, 1.165) is 16.9 Å². The van der Waals surface area contributed by atoms with Crippen molar-refractivity contribution < 1.29 is 23.8 Å². The number of thioether (sulfide) groups is 1. The highest BCUT2D eigenvalue weighted by atomic mass is 32.2. The number of ether oxygens (including phenoxy) is 3. The molecule has 0 radical (unpaired) electrons. The van der Waals surface area contributed by atoms with Crippen molar-refractivity contribution in [3.8, 4) is 17.2 Å². The van der Waals surface area contributed by atoms with Crippen LogP contribution in [0.4, 0.5) is 0 Å². The second kappa shape index (κ2) is 10.5. The van der Waals surface area contributed by atoms with Gasteiger partial charge in [-0.15, -0.1) is 0 Å². The van der Waals surface area contributed by atoms with Crippen molar-refractivity contribution in [2.24, 2.45) is 0 Å². The van der Waals surface area contributed by atoms with Crippen LogP contribution in [-0.4, -0.2) is 47.5 Å². The van der Waals surface area contributed by atoms with Gasteiger partial charge >= 0.3 is 0 Å². The summed E-state index contributed by atoms with van der Waals surface area (Å²) in [4.78, 5) is 27.0. The second-order valence-electron chi connectivity index (χ2n) is 7.04. The topological polar surface area (TPSA) is 77.1 Å². The third kappa shape index (κ3) is 5.55. The van der Waals surface area contributed by atoms with Crippen LogP contribution in [0.1, 0.15) is 18.1 Å². The smallest absolute Gasteiger partial charge is 0.266 e. The lowest BCUT2D eigenvalue weighted by molar-refractivity contribution is -0.122. The molecule has 1 saturated heterocycles. The Balaban J connectivity index is 1.31. The van der Waals surface area contributed by atoms with Crippen LogP contribution in [-0.2, 0) is 9.59 Å². The molecule has 0 atom stereocenters. The molecule has 0 aliphatic carbocycles. The number of carbonyl (C=O) groups excluding carboxylic acids is 2. The molecule has 2 amide bonds. The molecule has 0 unspecified atom stereocenters. The van der Waals surface area contributed by atoms with Crippen LogP contribution in [0.25, 0.3) is 12.2 Å². The molecule has 7 nitrogen and oxygen atoms in total. The van der Waals surface area contributed by atoms with E-state index >= 15 is 0 Å². The van der Waals surface area contributed by atoms with Gasteiger partial charge in [0.1, 0.15) is 10.1 Å². The Morgan fingerprint density at radius 2 is 2.06 bits per heavy atom. The van der Waals surface area contributed by atoms with E-state index < -0.39 is 0 Å². The van der Waals surface area contributed by atoms with Crippen LogP contribution in [0.2, 0.25) is 0 Å². The minimum Gasteiger partial charge on any atom is -0.493 e. The van der Waals surface area contributed by atoms with Crippen molar-refractivity contribution in [1.82, 2.24) is 10.2 Å². The first-order chi connectivity index (χ1) is 16.0. The van der Waals surface area contributed by atoms with Crippen molar-refractivity contribution in [3.05, 3.63) is 64.6 Å². The molecule has 170 valence electrons. The molecule has 4 rings (SSSR count). The van der Waals surface area contributed by atoms with E-state index in [9.17, 15) is 9.59 Å². The molecular formula is C24H22N2O5S2. The summed E-state index contributed by atoms with van der Waals surface area (Å²) in [5.41, 5.74) is 1.64. The summed E-state index contributed by atoms with van der Waals surface area (Å²) in [5.74, 6) is 1.61. The molecule has 1 fully saturated rings. The predicted octanol–water partition coefficient (Wildman–Crippen LogP) is 3.84. The van der Waals surface area contributed by atoms with E-state index in [2.05, 4.69) is 5.32 Å². The summed E-state index contributed by atoms with van der Waals surface area (Å²) >= 11 is 6.60. The van der Waals surface area contributed by atoms with Crippen molar-refractivity contribution in [2.45, 2.75) is 6.92 Å². The average molecular weight is 483 g/mol. The molecule has 2 aromatic carbocycles. The number of benzene rings is 2. The van der Waals surface area contributed by atoms with Crippen LogP contribution in [0, 0.1) is 0 Å². The number of carbonyl (C=O) groups is 2. The minimum absolute atomic E-state index is 0.182. The molecule has 0 aromatic heterocycles. The SMILES string of the molecule is CCOc1ccccc1/C=C/C(=O)NCCN1C(=O)/C(=C/c2ccc3c(c2)OCO3)SC1=S. The van der Waals surface area contributed by atoms with Crippen molar-refractivity contribution in [3.63, 3.8) is 0 Å². The average Bonchev–Trinajstić information content (AvgIpc) is 3.38. The van der Waals surface area contributed by atoms with Crippen LogP contribution in [0.15, 0.2) is 53.4 Å². The number of hydrogen-bond donors (Lipinski definition) is 1. The number of nitrogens with zero attached hydrogens (tertiary/aromatic N) is 1. The molecule has 2 heterocycles. The summed E-state index contributed by atoms with van der Waals surface area (Å²) in [6.45, 7) is 3.22. The molecule has 33 heavy (non-hydrogen) atoms. The largest absolute Gasteiger partial charge is 0.493 e. The van der Waals surface area contributed by atoms with Gasteiger partial charge in [-0.3, -0.25) is 14.5 Å². The fraction of sp³-hybridized carbons (Fsp3) is 0.208. The number of thiocarbonyl (C=S) groups is 1. The molecule has 0 spiro atoms. The molecule has 1 N–H and O–H groups in total. The zero-order chi connectivity index (χ0) is 23.2. The first kappa shape index (κ1) is 22.9. The number of rotatable bonds is 8. The van der Waals surface area contributed by atoms with Gasteiger partial charge < -0.3 is 19.5 Å². The third-order valence-electron chi connectivity index (χ3n) is 4.84. The Morgan fingerprint density at radius 1 is 1.24 bits per heavy atom. The molecular weight excluding hydrogens is 460 g/mol. The van der Waals surface area contributed by atoms with Crippen molar-refractivity contribution in [1.29, 1.82) is 0 Å². The summed E-state index contributed by atoms with van der Waals surface area (Å²) in [5, 5.41) is 2.79. The zero-order valence-corrected chi connectivity index (χ0v) is 19.5. The lowest BCUT2D eigenvalue weighted by atomic mass is 10.2. The second-order valence-corrected chi connectivity index (χ2v) is 8.72. The lowest BCUT2D eigenvalue weighted by Gasteiger charge is -2.14. The van der Waals surface area contributed by atoms with Gasteiger partial charge in [0.2, 0.25) is 12.7 Å². The van der Waals surface area contributed by atoms with Gasteiger partial charge in [-0.25, -0.2) is 0 Å². The number of fused-ring (bicyclic) bond motifs is 1. The van der Waals surface area contributed by atoms with E-state index in [1.807, 2.05) is 49.4 Å². The number of para-hydroxylation sites is 1. The normalized spacial score (nSPS) is 16.2. The Bertz CT molecular complexity index is 1150. The van der Waals surface area contributed by atoms with E-state index in [1.165, 1.54) is 22.7 Å². The highest BCUT2D eigenvalue weighted by Gasteiger charge is 2.31. The zero-order valence-electron chi connectivity index (χ0n) is 17.9. The van der Waals surface area contributed by atoms with E-state index in [4.69, 9.17) is 26.4 Å². The van der Waals surface area contributed by atoms with Crippen LogP contribution < -0.4 is 19.5 Å². The van der Waals surface area contributed by atoms with Crippen molar-refractivity contribution >= 4 is 52.3 Å². The fourth-order valence-electron chi connectivity index (χ4n) is 3.27. The lowest BCUT2D eigenvalue weighted by Crippen LogP contribution is -2.36. The van der Waals surface area contributed by atoms with Crippen LogP contribution in [0.3, 0.4) is 0 Å². The van der Waals surface area contributed by atoms with Gasteiger partial charge in [0.05, 0.1) is 11.5 Å². The molecule has 2 aliphatic rings. The van der Waals surface area contributed by atoms with Crippen LogP contribution >= 0.6 is 24.0 Å². The highest BCUT2D eigenvalue weighted by molar-refractivity contribution is 8.26. The van der Waals surface area contributed by atoms with Crippen LogP contribution in [0.5, 0.6) is 17.2 Å². The maximum atomic E-state index is 12.8. The predicted molar refractivity (Wildman–Crippen MR) is 132 cm³/mol. The Kier molecular flexibility index (Phi) is 7.31. The highest BCUT2D eigenvalue weighted by Crippen LogP contribution is 2.36. The Labute approximate surface area is 201 Å². The first-order valence-electron chi connectivity index (χ1n) is 10.4. The standard InChI is InChI=1S/C24H22N2O5S2/c1-2-29-18-6-4-3-5-17(18)8-10-22(27)25-11-12-26-23(28)21(33-24(26)32)14-16-7-9-19-20(13-16)31-15-30-19/h3-10,13-14H,2,11-12,15H2,1H3,(H,25,27)/b10-8+,21-14-. The first-order valence-corrected chi connectivity index (χ1v) is 11.6. The van der Waals surface area contributed by atoms with E-state index in [0.29, 0.717) is 27.3 Å². The molecule has 0 saturated carbocycles. The Hall–Kier alpha value is -3.30. The van der Waals surface area contributed by atoms with Gasteiger partial charge in [0.15, 0.2) is 11.5 Å². The summed E-state index contributed by atoms with van der Waals surface area (Å²) in [7, 11) is 0. The molecule has 9 heteroatoms. The van der Waals surface area contributed by atoms with E-state index in [1.54, 1.807) is 12.2 Å².